The molecule has 4 aromatic rings. The normalized spacial score (nSPS) is 12.7. The summed E-state index contributed by atoms with van der Waals surface area (Å²) in [4.78, 5) is 26.8. The second kappa shape index (κ2) is 7.51. The fourth-order valence-corrected chi connectivity index (χ4v) is 4.77. The third-order valence-electron chi connectivity index (χ3n) is 6.48. The summed E-state index contributed by atoms with van der Waals surface area (Å²) < 4.78 is 1.90. The number of fused-ring (bicyclic) bond motifs is 2. The maximum Gasteiger partial charge on any atom is 0.210 e. The lowest BCUT2D eigenvalue weighted by Crippen LogP contribution is -2.23. The molecule has 1 heterocycles. The molecule has 31 heavy (non-hydrogen) atoms. The van der Waals surface area contributed by atoms with E-state index in [1.54, 1.807) is 12.1 Å². The van der Waals surface area contributed by atoms with E-state index in [-0.39, 0.29) is 17.5 Å². The lowest BCUT2D eigenvalue weighted by molar-refractivity contribution is 0.0973. The molecule has 0 bridgehead atoms. The Hall–Kier alpha value is -3.72. The molecule has 0 N–H and O–H groups in total. The molecule has 0 fully saturated rings. The predicted molar refractivity (Wildman–Crippen MR) is 122 cm³/mol. The average Bonchev–Trinajstić information content (AvgIpc) is 3.07. The summed E-state index contributed by atoms with van der Waals surface area (Å²) in [5.41, 5.74) is 6.40. The number of hydrogen-bond acceptors (Lipinski definition) is 2. The fourth-order valence-electron chi connectivity index (χ4n) is 4.77. The lowest BCUT2D eigenvalue weighted by atomic mass is 9.81. The van der Waals surface area contributed by atoms with Gasteiger partial charge in [-0.2, -0.15) is 0 Å². The zero-order valence-corrected chi connectivity index (χ0v) is 17.6. The highest BCUT2D eigenvalue weighted by Crippen LogP contribution is 2.37. The van der Waals surface area contributed by atoms with E-state index in [9.17, 15) is 9.59 Å². The van der Waals surface area contributed by atoms with Crippen molar-refractivity contribution in [2.24, 2.45) is 7.05 Å². The van der Waals surface area contributed by atoms with Gasteiger partial charge in [-0.15, -0.1) is 0 Å². The first kappa shape index (κ1) is 19.3. The highest BCUT2D eigenvalue weighted by atomic mass is 16.1. The number of ketones is 2. The van der Waals surface area contributed by atoms with Crippen LogP contribution >= 0.6 is 0 Å². The van der Waals surface area contributed by atoms with Gasteiger partial charge in [-0.3, -0.25) is 9.59 Å². The van der Waals surface area contributed by atoms with Crippen LogP contribution in [0.3, 0.4) is 0 Å². The van der Waals surface area contributed by atoms with Gasteiger partial charge in [0.05, 0.1) is 5.56 Å². The molecule has 0 atom stereocenters. The van der Waals surface area contributed by atoms with E-state index in [4.69, 9.17) is 0 Å². The molecule has 3 nitrogen and oxygen atoms in total. The van der Waals surface area contributed by atoms with E-state index in [0.29, 0.717) is 28.8 Å². The monoisotopic (exact) mass is 405 g/mol. The zero-order chi connectivity index (χ0) is 21.5. The van der Waals surface area contributed by atoms with Gasteiger partial charge in [-0.05, 0) is 30.0 Å². The minimum Gasteiger partial charge on any atom is -0.344 e. The molecule has 3 aromatic carbocycles. The van der Waals surface area contributed by atoms with Crippen molar-refractivity contribution in [1.82, 2.24) is 4.57 Å². The first-order valence-electron chi connectivity index (χ1n) is 10.5. The maximum atomic E-state index is 13.5. The Morgan fingerprint density at radius 1 is 0.710 bits per heavy atom. The SMILES string of the molecule is Cc1c(CC(c2ccccc2)c2ccccc2)c2c(n1C)C(=O)c1ccccc1C2=O. The maximum absolute atomic E-state index is 13.5. The smallest absolute Gasteiger partial charge is 0.210 e. The Labute approximate surface area is 182 Å². The van der Waals surface area contributed by atoms with Crippen LogP contribution in [0.5, 0.6) is 0 Å². The van der Waals surface area contributed by atoms with Gasteiger partial charge in [0.1, 0.15) is 5.69 Å². The van der Waals surface area contributed by atoms with Crippen LogP contribution in [0, 0.1) is 6.92 Å². The molecule has 5 rings (SSSR count). The van der Waals surface area contributed by atoms with Crippen LogP contribution < -0.4 is 0 Å². The van der Waals surface area contributed by atoms with Crippen LogP contribution in [-0.2, 0) is 13.5 Å². The van der Waals surface area contributed by atoms with Crippen molar-refractivity contribution in [3.05, 3.63) is 130 Å². The molecule has 0 saturated heterocycles. The number of benzene rings is 3. The number of hydrogen-bond donors (Lipinski definition) is 0. The van der Waals surface area contributed by atoms with Crippen molar-refractivity contribution >= 4 is 11.6 Å². The van der Waals surface area contributed by atoms with Gasteiger partial charge in [0, 0.05) is 29.8 Å². The molecule has 1 aromatic heterocycles. The molecule has 0 radical (unpaired) electrons. The number of carbonyl (C=O) groups excluding carboxylic acids is 2. The molecule has 0 aliphatic heterocycles. The summed E-state index contributed by atoms with van der Waals surface area (Å²) in [5.74, 6) is -0.0329. The first-order chi connectivity index (χ1) is 15.1. The summed E-state index contributed by atoms with van der Waals surface area (Å²) in [6, 6.07) is 27.9. The Bertz CT molecular complexity index is 1260. The molecule has 1 aliphatic carbocycles. The van der Waals surface area contributed by atoms with Crippen molar-refractivity contribution in [3.8, 4) is 0 Å². The molecular formula is C28H23NO2. The van der Waals surface area contributed by atoms with E-state index in [0.717, 1.165) is 11.3 Å². The van der Waals surface area contributed by atoms with Gasteiger partial charge in [0.2, 0.25) is 5.78 Å². The fraction of sp³-hybridized carbons (Fsp3) is 0.143. The standard InChI is InChI=1S/C28H23NO2/c1-18-23(17-24(19-11-5-3-6-12-19)20-13-7-4-8-14-20)25-26(29(18)2)28(31)22-16-10-9-15-21(22)27(25)30/h3-16,24H,17H2,1-2H3. The quantitative estimate of drug-likeness (QED) is 0.397. The van der Waals surface area contributed by atoms with Gasteiger partial charge in [0.25, 0.3) is 0 Å². The van der Waals surface area contributed by atoms with Crippen LogP contribution in [0.25, 0.3) is 0 Å². The Balaban J connectivity index is 1.68. The van der Waals surface area contributed by atoms with E-state index in [2.05, 4.69) is 24.3 Å². The van der Waals surface area contributed by atoms with E-state index >= 15 is 0 Å². The van der Waals surface area contributed by atoms with Crippen LogP contribution in [0.2, 0.25) is 0 Å². The van der Waals surface area contributed by atoms with Crippen molar-refractivity contribution in [3.63, 3.8) is 0 Å². The minimum atomic E-state index is -0.0713. The topological polar surface area (TPSA) is 39.1 Å². The van der Waals surface area contributed by atoms with Gasteiger partial charge in [-0.25, -0.2) is 0 Å². The average molecular weight is 405 g/mol. The molecule has 0 unspecified atom stereocenters. The molecule has 3 heteroatoms. The highest BCUT2D eigenvalue weighted by molar-refractivity contribution is 6.28. The van der Waals surface area contributed by atoms with Crippen molar-refractivity contribution < 1.29 is 9.59 Å². The van der Waals surface area contributed by atoms with Gasteiger partial charge >= 0.3 is 0 Å². The summed E-state index contributed by atoms with van der Waals surface area (Å²) in [6.07, 6.45) is 0.657. The van der Waals surface area contributed by atoms with Gasteiger partial charge in [-0.1, -0.05) is 84.9 Å². The number of carbonyl (C=O) groups is 2. The Morgan fingerprint density at radius 2 is 1.19 bits per heavy atom. The molecule has 0 amide bonds. The summed E-state index contributed by atoms with van der Waals surface area (Å²) in [7, 11) is 1.89. The predicted octanol–water partition coefficient (Wildman–Crippen LogP) is 5.48. The summed E-state index contributed by atoms with van der Waals surface area (Å²) >= 11 is 0. The second-order valence-electron chi connectivity index (χ2n) is 8.13. The zero-order valence-electron chi connectivity index (χ0n) is 17.6. The lowest BCUT2D eigenvalue weighted by Gasteiger charge is -2.20. The van der Waals surface area contributed by atoms with Crippen molar-refractivity contribution in [2.45, 2.75) is 19.3 Å². The van der Waals surface area contributed by atoms with E-state index < -0.39 is 0 Å². The van der Waals surface area contributed by atoms with E-state index in [1.165, 1.54) is 11.1 Å². The number of nitrogens with zero attached hydrogens (tertiary/aromatic N) is 1. The van der Waals surface area contributed by atoms with Crippen LogP contribution in [-0.4, -0.2) is 16.1 Å². The first-order valence-corrected chi connectivity index (χ1v) is 10.5. The minimum absolute atomic E-state index is 0.0521. The van der Waals surface area contributed by atoms with E-state index in [1.807, 2.05) is 67.1 Å². The van der Waals surface area contributed by atoms with Gasteiger partial charge < -0.3 is 4.57 Å². The van der Waals surface area contributed by atoms with Crippen molar-refractivity contribution in [2.75, 3.05) is 0 Å². The molecule has 152 valence electrons. The van der Waals surface area contributed by atoms with Crippen LogP contribution in [0.15, 0.2) is 84.9 Å². The third-order valence-corrected chi connectivity index (χ3v) is 6.48. The number of rotatable bonds is 4. The summed E-state index contributed by atoms with van der Waals surface area (Å²) in [6.45, 7) is 2.01. The molecule has 0 saturated carbocycles. The van der Waals surface area contributed by atoms with Crippen molar-refractivity contribution in [1.29, 1.82) is 0 Å². The van der Waals surface area contributed by atoms with Crippen LogP contribution in [0.1, 0.15) is 60.3 Å². The Morgan fingerprint density at radius 3 is 1.74 bits per heavy atom. The summed E-state index contributed by atoms with van der Waals surface area (Å²) in [5, 5.41) is 0. The largest absolute Gasteiger partial charge is 0.344 e. The van der Waals surface area contributed by atoms with Gasteiger partial charge in [0.15, 0.2) is 5.78 Å². The second-order valence-corrected chi connectivity index (χ2v) is 8.13. The molecule has 0 spiro atoms. The van der Waals surface area contributed by atoms with Crippen LogP contribution in [0.4, 0.5) is 0 Å². The molecular weight excluding hydrogens is 382 g/mol. The third kappa shape index (κ3) is 3.05. The Kier molecular flexibility index (Phi) is 4.67. The highest BCUT2D eigenvalue weighted by Gasteiger charge is 2.36. The number of aromatic nitrogens is 1. The molecule has 1 aliphatic rings.